The SMILES string of the molecule is CC1(C)C[C@@H]2C[C@](C)(CN2C(=O)C[NH+]2CCN(c3ccccc3Cl)CC2)C1. The van der Waals surface area contributed by atoms with Crippen LogP contribution in [0.1, 0.15) is 40.0 Å². The average molecular weight is 391 g/mol. The van der Waals surface area contributed by atoms with E-state index in [1.165, 1.54) is 17.7 Å². The number of hydrogen-bond acceptors (Lipinski definition) is 2. The Kier molecular flexibility index (Phi) is 4.92. The van der Waals surface area contributed by atoms with Gasteiger partial charge in [0.15, 0.2) is 6.54 Å². The van der Waals surface area contributed by atoms with Crippen LogP contribution in [0.25, 0.3) is 0 Å². The zero-order valence-corrected chi connectivity index (χ0v) is 17.7. The van der Waals surface area contributed by atoms with Crippen molar-refractivity contribution in [1.29, 1.82) is 0 Å². The number of quaternary nitrogens is 1. The second-order valence-corrected chi connectivity index (χ2v) is 10.5. The average Bonchev–Trinajstić information content (AvgIpc) is 2.85. The van der Waals surface area contributed by atoms with Gasteiger partial charge >= 0.3 is 0 Å². The summed E-state index contributed by atoms with van der Waals surface area (Å²) in [5, 5.41) is 0.817. The number of piperazine rings is 1. The highest BCUT2D eigenvalue weighted by molar-refractivity contribution is 6.33. The second kappa shape index (κ2) is 6.97. The Morgan fingerprint density at radius 2 is 1.89 bits per heavy atom. The number of fused-ring (bicyclic) bond motifs is 2. The Hall–Kier alpha value is -1.26. The molecule has 2 atom stereocenters. The quantitative estimate of drug-likeness (QED) is 0.858. The summed E-state index contributed by atoms with van der Waals surface area (Å²) in [6.07, 6.45) is 3.59. The predicted molar refractivity (Wildman–Crippen MR) is 110 cm³/mol. The zero-order chi connectivity index (χ0) is 19.2. The number of nitrogens with zero attached hydrogens (tertiary/aromatic N) is 2. The Labute approximate surface area is 168 Å². The number of halogens is 1. The molecule has 0 radical (unpaired) electrons. The number of rotatable bonds is 3. The number of carbonyl (C=O) groups excluding carboxylic acids is 1. The number of hydrogen-bond donors (Lipinski definition) is 1. The molecule has 3 fully saturated rings. The number of likely N-dealkylation sites (tertiary alicyclic amines) is 1. The Morgan fingerprint density at radius 1 is 1.19 bits per heavy atom. The molecule has 4 rings (SSSR count). The Morgan fingerprint density at radius 3 is 2.59 bits per heavy atom. The fourth-order valence-electron chi connectivity index (χ4n) is 6.02. The monoisotopic (exact) mass is 390 g/mol. The second-order valence-electron chi connectivity index (χ2n) is 10.1. The van der Waals surface area contributed by atoms with Crippen molar-refractivity contribution in [3.8, 4) is 0 Å². The van der Waals surface area contributed by atoms with Gasteiger partial charge in [0.05, 0.1) is 36.9 Å². The van der Waals surface area contributed by atoms with Gasteiger partial charge in [-0.3, -0.25) is 4.79 Å². The summed E-state index contributed by atoms with van der Waals surface area (Å²) in [5.41, 5.74) is 1.80. The first-order chi connectivity index (χ1) is 12.7. The van der Waals surface area contributed by atoms with E-state index >= 15 is 0 Å². The molecular weight excluding hydrogens is 358 g/mol. The maximum Gasteiger partial charge on any atom is 0.278 e. The van der Waals surface area contributed by atoms with Gasteiger partial charge in [-0.15, -0.1) is 0 Å². The lowest BCUT2D eigenvalue weighted by Gasteiger charge is -2.39. The van der Waals surface area contributed by atoms with Crippen molar-refractivity contribution in [1.82, 2.24) is 4.90 Å². The highest BCUT2D eigenvalue weighted by Gasteiger charge is 2.51. The van der Waals surface area contributed by atoms with Crippen LogP contribution in [0.2, 0.25) is 5.02 Å². The molecule has 1 aromatic rings. The Balaban J connectivity index is 1.33. The van der Waals surface area contributed by atoms with Crippen molar-refractivity contribution < 1.29 is 9.69 Å². The molecule has 1 aromatic carbocycles. The third kappa shape index (κ3) is 3.97. The summed E-state index contributed by atoms with van der Waals surface area (Å²) < 4.78 is 0. The van der Waals surface area contributed by atoms with Gasteiger partial charge in [0.1, 0.15) is 0 Å². The number of amides is 1. The molecule has 0 aromatic heterocycles. The molecule has 2 aliphatic heterocycles. The maximum atomic E-state index is 13.1. The number of carbonyl (C=O) groups is 1. The molecule has 5 heteroatoms. The maximum absolute atomic E-state index is 13.1. The van der Waals surface area contributed by atoms with E-state index in [1.807, 2.05) is 18.2 Å². The number of nitrogens with one attached hydrogen (secondary N) is 1. The summed E-state index contributed by atoms with van der Waals surface area (Å²) in [4.78, 5) is 19.1. The van der Waals surface area contributed by atoms with Crippen LogP contribution in [-0.4, -0.2) is 56.1 Å². The van der Waals surface area contributed by atoms with Crippen LogP contribution in [-0.2, 0) is 4.79 Å². The van der Waals surface area contributed by atoms with E-state index < -0.39 is 0 Å². The van der Waals surface area contributed by atoms with Gasteiger partial charge in [-0.2, -0.15) is 0 Å². The van der Waals surface area contributed by atoms with E-state index in [0.717, 1.165) is 49.9 Å². The van der Waals surface area contributed by atoms with E-state index in [9.17, 15) is 4.79 Å². The summed E-state index contributed by atoms with van der Waals surface area (Å²) >= 11 is 6.34. The Bertz CT molecular complexity index is 713. The van der Waals surface area contributed by atoms with Gasteiger partial charge < -0.3 is 14.7 Å². The first kappa shape index (κ1) is 19.1. The standard InChI is InChI=1S/C22H32ClN3O/c1-21(2)12-17-13-22(3,15-21)16-26(17)20(27)14-24-8-10-25(11-9-24)19-7-5-4-6-18(19)23/h4-7,17H,8-16H2,1-3H3/p+1/t17-,22+/m1/s1. The lowest BCUT2D eigenvalue weighted by molar-refractivity contribution is -0.892. The molecular formula is C22H33ClN3O+. The lowest BCUT2D eigenvalue weighted by atomic mass is 9.65. The number of anilines is 1. The highest BCUT2D eigenvalue weighted by atomic mass is 35.5. The van der Waals surface area contributed by atoms with Crippen LogP contribution in [0, 0.1) is 10.8 Å². The molecule has 27 heavy (non-hydrogen) atoms. The molecule has 0 spiro atoms. The summed E-state index contributed by atoms with van der Waals surface area (Å²) in [7, 11) is 0. The van der Waals surface area contributed by atoms with Gasteiger partial charge in [-0.1, -0.05) is 44.5 Å². The van der Waals surface area contributed by atoms with E-state index in [-0.39, 0.29) is 0 Å². The largest absolute Gasteiger partial charge is 0.359 e. The minimum absolute atomic E-state index is 0.320. The third-order valence-corrected chi connectivity index (χ3v) is 7.12. The van der Waals surface area contributed by atoms with Crippen LogP contribution < -0.4 is 9.80 Å². The molecule has 3 aliphatic rings. The first-order valence-corrected chi connectivity index (χ1v) is 10.8. The van der Waals surface area contributed by atoms with Gasteiger partial charge in [0, 0.05) is 12.6 Å². The topological polar surface area (TPSA) is 28.0 Å². The van der Waals surface area contributed by atoms with Gasteiger partial charge in [0.2, 0.25) is 0 Å². The van der Waals surface area contributed by atoms with E-state index in [2.05, 4.69) is 36.6 Å². The molecule has 0 unspecified atom stereocenters. The van der Waals surface area contributed by atoms with Crippen molar-refractivity contribution in [2.24, 2.45) is 10.8 Å². The van der Waals surface area contributed by atoms with Crippen molar-refractivity contribution in [3.05, 3.63) is 29.3 Å². The minimum atomic E-state index is 0.320. The summed E-state index contributed by atoms with van der Waals surface area (Å²) in [5.74, 6) is 0.364. The third-order valence-electron chi connectivity index (χ3n) is 6.80. The molecule has 2 heterocycles. The summed E-state index contributed by atoms with van der Waals surface area (Å²) in [6, 6.07) is 8.51. The molecule has 1 amide bonds. The van der Waals surface area contributed by atoms with Gasteiger partial charge in [0.25, 0.3) is 5.91 Å². The fraction of sp³-hybridized carbons (Fsp3) is 0.682. The van der Waals surface area contributed by atoms with Crippen molar-refractivity contribution in [3.63, 3.8) is 0 Å². The molecule has 2 saturated heterocycles. The molecule has 1 aliphatic carbocycles. The highest BCUT2D eigenvalue weighted by Crippen LogP contribution is 2.52. The molecule has 148 valence electrons. The minimum Gasteiger partial charge on any atom is -0.359 e. The fourth-order valence-corrected chi connectivity index (χ4v) is 6.27. The molecule has 2 bridgehead atoms. The van der Waals surface area contributed by atoms with E-state index in [0.29, 0.717) is 29.3 Å². The van der Waals surface area contributed by atoms with Crippen LogP contribution in [0.3, 0.4) is 0 Å². The molecule has 1 N–H and O–H groups in total. The smallest absolute Gasteiger partial charge is 0.278 e. The molecule has 4 nitrogen and oxygen atoms in total. The van der Waals surface area contributed by atoms with Crippen LogP contribution in [0.4, 0.5) is 5.69 Å². The van der Waals surface area contributed by atoms with Crippen molar-refractivity contribution in [2.75, 3.05) is 44.2 Å². The van der Waals surface area contributed by atoms with Crippen LogP contribution in [0.5, 0.6) is 0 Å². The van der Waals surface area contributed by atoms with Gasteiger partial charge in [-0.05, 0) is 42.2 Å². The van der Waals surface area contributed by atoms with E-state index in [4.69, 9.17) is 11.6 Å². The van der Waals surface area contributed by atoms with Crippen LogP contribution in [0.15, 0.2) is 24.3 Å². The van der Waals surface area contributed by atoms with Gasteiger partial charge in [-0.25, -0.2) is 0 Å². The normalized spacial score (nSPS) is 30.6. The summed E-state index contributed by atoms with van der Waals surface area (Å²) in [6.45, 7) is 12.6. The van der Waals surface area contributed by atoms with Crippen LogP contribution >= 0.6 is 11.6 Å². The number of benzene rings is 1. The van der Waals surface area contributed by atoms with E-state index in [1.54, 1.807) is 0 Å². The van der Waals surface area contributed by atoms with Crippen molar-refractivity contribution in [2.45, 2.75) is 46.1 Å². The number of para-hydroxylation sites is 1. The zero-order valence-electron chi connectivity index (χ0n) is 16.9. The predicted octanol–water partition coefficient (Wildman–Crippen LogP) is 2.47. The first-order valence-electron chi connectivity index (χ1n) is 10.4. The van der Waals surface area contributed by atoms with Crippen molar-refractivity contribution >= 4 is 23.2 Å². The lowest BCUT2D eigenvalue weighted by Crippen LogP contribution is -3.16. The molecule has 1 saturated carbocycles.